The molecule has 1 saturated heterocycles. The molecule has 0 radical (unpaired) electrons. The third kappa shape index (κ3) is 5.51. The number of alkyl halides is 1. The Bertz CT molecular complexity index is 1130. The summed E-state index contributed by atoms with van der Waals surface area (Å²) in [4.78, 5) is 47.3. The van der Waals surface area contributed by atoms with Crippen LogP contribution in [-0.2, 0) is 15.8 Å². The molecular formula is C25H33IN6O3S. The molecule has 2 N–H and O–H groups in total. The number of thioether (sulfide) groups is 1. The minimum absolute atomic E-state index is 0.0315. The van der Waals surface area contributed by atoms with Crippen molar-refractivity contribution in [3.63, 3.8) is 0 Å². The molecule has 1 fully saturated rings. The number of aromatic nitrogens is 2. The van der Waals surface area contributed by atoms with Crippen LogP contribution in [0.2, 0.25) is 0 Å². The number of urea groups is 1. The molecule has 2 aromatic rings. The Morgan fingerprint density at radius 1 is 1.22 bits per heavy atom. The highest BCUT2D eigenvalue weighted by Gasteiger charge is 2.41. The Morgan fingerprint density at radius 3 is 2.47 bits per heavy atom. The largest absolute Gasteiger partial charge is 0.341 e. The zero-order valence-corrected chi connectivity index (χ0v) is 24.1. The van der Waals surface area contributed by atoms with Crippen LogP contribution in [0, 0.1) is 6.92 Å². The molecule has 3 heterocycles. The van der Waals surface area contributed by atoms with Gasteiger partial charge in [0, 0.05) is 34.0 Å². The fraction of sp³-hybridized carbons (Fsp3) is 0.520. The first-order valence-electron chi connectivity index (χ1n) is 12.0. The number of rotatable bonds is 7. The van der Waals surface area contributed by atoms with Gasteiger partial charge in [0.25, 0.3) is 0 Å². The summed E-state index contributed by atoms with van der Waals surface area (Å²) in [5.41, 5.74) is 2.77. The minimum atomic E-state index is -0.694. The number of benzene rings is 1. The number of carbonyl (C=O) groups is 3. The molecule has 36 heavy (non-hydrogen) atoms. The third-order valence-corrected chi connectivity index (χ3v) is 9.28. The Hall–Kier alpha value is -2.28. The van der Waals surface area contributed by atoms with Gasteiger partial charge in [-0.25, -0.2) is 14.6 Å². The summed E-state index contributed by atoms with van der Waals surface area (Å²) in [6.45, 7) is 7.42. The maximum absolute atomic E-state index is 13.6. The molecule has 0 saturated carbocycles. The highest BCUT2D eigenvalue weighted by Crippen LogP contribution is 2.30. The van der Waals surface area contributed by atoms with E-state index in [1.807, 2.05) is 61.1 Å². The van der Waals surface area contributed by atoms with Crippen molar-refractivity contribution in [3.8, 4) is 0 Å². The topological polar surface area (TPSA) is 99.6 Å². The second-order valence-corrected chi connectivity index (χ2v) is 12.0. The van der Waals surface area contributed by atoms with Crippen LogP contribution in [0.15, 0.2) is 30.5 Å². The van der Waals surface area contributed by atoms with Gasteiger partial charge in [-0.05, 0) is 57.6 Å². The molecule has 4 amide bonds. The van der Waals surface area contributed by atoms with Crippen LogP contribution < -0.4 is 10.6 Å². The standard InChI is InChI=1S/C25H33IN6O3S/c1-16-27-14-20-15-31(24(35)32(16)20)19-9-11-30(12-10-19)22(33)21(25(2,3)36-4)29-23(34)28-18-7-5-17(13-26)6-8-18/h5-8,14,19,21H,9-13,15H2,1-4H3,(H2,28,29,34)/t21-/m0/s1. The second kappa shape index (κ2) is 11.0. The summed E-state index contributed by atoms with van der Waals surface area (Å²) in [7, 11) is 0. The number of nitrogens with one attached hydrogen (secondary N) is 2. The third-order valence-electron chi connectivity index (χ3n) is 7.11. The monoisotopic (exact) mass is 624 g/mol. The van der Waals surface area contributed by atoms with Crippen LogP contribution in [0.4, 0.5) is 15.3 Å². The van der Waals surface area contributed by atoms with E-state index in [9.17, 15) is 14.4 Å². The van der Waals surface area contributed by atoms with Gasteiger partial charge in [0.2, 0.25) is 5.91 Å². The first-order valence-corrected chi connectivity index (χ1v) is 14.8. The zero-order valence-electron chi connectivity index (χ0n) is 21.1. The molecule has 2 aliphatic heterocycles. The average Bonchev–Trinajstić information content (AvgIpc) is 3.41. The predicted molar refractivity (Wildman–Crippen MR) is 151 cm³/mol. The molecule has 0 aliphatic carbocycles. The van der Waals surface area contributed by atoms with Gasteiger partial charge >= 0.3 is 12.1 Å². The summed E-state index contributed by atoms with van der Waals surface area (Å²) in [6, 6.07) is 6.62. The number of anilines is 1. The minimum Gasteiger partial charge on any atom is -0.341 e. The predicted octanol–water partition coefficient (Wildman–Crippen LogP) is 4.23. The Balaban J connectivity index is 1.38. The molecule has 1 aromatic heterocycles. The van der Waals surface area contributed by atoms with Crippen molar-refractivity contribution < 1.29 is 14.4 Å². The maximum atomic E-state index is 13.6. The molecule has 2 aliphatic rings. The van der Waals surface area contributed by atoms with Crippen molar-refractivity contribution in [3.05, 3.63) is 47.5 Å². The average molecular weight is 625 g/mol. The van der Waals surface area contributed by atoms with Crippen molar-refractivity contribution in [2.75, 3.05) is 24.7 Å². The van der Waals surface area contributed by atoms with Crippen molar-refractivity contribution in [2.24, 2.45) is 0 Å². The fourth-order valence-corrected chi connectivity index (χ4v) is 5.63. The van der Waals surface area contributed by atoms with E-state index in [1.54, 1.807) is 22.5 Å². The van der Waals surface area contributed by atoms with Crippen molar-refractivity contribution in [1.82, 2.24) is 24.7 Å². The van der Waals surface area contributed by atoms with Crippen LogP contribution in [0.5, 0.6) is 0 Å². The first-order chi connectivity index (χ1) is 17.1. The quantitative estimate of drug-likeness (QED) is 0.355. The number of carbonyl (C=O) groups excluding carboxylic acids is 3. The molecule has 1 atom stereocenters. The van der Waals surface area contributed by atoms with Gasteiger partial charge in [-0.2, -0.15) is 11.8 Å². The van der Waals surface area contributed by atoms with Gasteiger partial charge in [0.1, 0.15) is 11.9 Å². The number of hydrogen-bond donors (Lipinski definition) is 2. The van der Waals surface area contributed by atoms with Gasteiger partial charge in [0.05, 0.1) is 18.4 Å². The fourth-order valence-electron chi connectivity index (χ4n) is 4.73. The van der Waals surface area contributed by atoms with E-state index in [0.29, 0.717) is 44.0 Å². The number of likely N-dealkylation sites (tertiary alicyclic amines) is 1. The lowest BCUT2D eigenvalue weighted by Crippen LogP contribution is -2.59. The number of fused-ring (bicyclic) bond motifs is 1. The van der Waals surface area contributed by atoms with E-state index in [-0.39, 0.29) is 18.0 Å². The van der Waals surface area contributed by atoms with E-state index >= 15 is 0 Å². The lowest BCUT2D eigenvalue weighted by atomic mass is 9.98. The number of halogens is 1. The number of piperidine rings is 1. The van der Waals surface area contributed by atoms with Gasteiger partial charge in [-0.15, -0.1) is 0 Å². The summed E-state index contributed by atoms with van der Waals surface area (Å²) >= 11 is 3.84. The molecule has 0 spiro atoms. The Labute approximate surface area is 229 Å². The van der Waals surface area contributed by atoms with Gasteiger partial charge in [-0.1, -0.05) is 34.7 Å². The SMILES string of the molecule is CSC(C)(C)[C@@H](NC(=O)Nc1ccc(CI)cc1)C(=O)N1CCC(N2Cc3cnc(C)n3C2=O)CC1. The van der Waals surface area contributed by atoms with E-state index < -0.39 is 16.8 Å². The molecule has 4 rings (SSSR count). The highest BCUT2D eigenvalue weighted by atomic mass is 127. The highest BCUT2D eigenvalue weighted by molar-refractivity contribution is 14.1. The molecule has 1 aromatic carbocycles. The molecular weight excluding hydrogens is 591 g/mol. The van der Waals surface area contributed by atoms with Crippen LogP contribution in [0.25, 0.3) is 0 Å². The normalized spacial score (nSPS) is 17.2. The summed E-state index contributed by atoms with van der Waals surface area (Å²) in [5.74, 6) is 0.611. The van der Waals surface area contributed by atoms with Crippen LogP contribution in [-0.4, -0.2) is 73.5 Å². The van der Waals surface area contributed by atoms with E-state index in [0.717, 1.165) is 10.1 Å². The van der Waals surface area contributed by atoms with E-state index in [4.69, 9.17) is 0 Å². The van der Waals surface area contributed by atoms with Crippen LogP contribution in [0.3, 0.4) is 0 Å². The van der Waals surface area contributed by atoms with Crippen molar-refractivity contribution in [1.29, 1.82) is 0 Å². The van der Waals surface area contributed by atoms with Gasteiger partial charge in [0.15, 0.2) is 0 Å². The number of nitrogens with zero attached hydrogens (tertiary/aromatic N) is 4. The van der Waals surface area contributed by atoms with Crippen molar-refractivity contribution in [2.45, 2.75) is 61.4 Å². The molecule has 9 nitrogen and oxygen atoms in total. The number of aryl methyl sites for hydroxylation is 1. The molecule has 0 unspecified atom stereocenters. The smallest absolute Gasteiger partial charge is 0.330 e. The van der Waals surface area contributed by atoms with Crippen molar-refractivity contribution >= 4 is 58.0 Å². The summed E-state index contributed by atoms with van der Waals surface area (Å²) in [5, 5.41) is 5.79. The Kier molecular flexibility index (Phi) is 8.18. The molecule has 11 heteroatoms. The lowest BCUT2D eigenvalue weighted by Gasteiger charge is -2.40. The zero-order chi connectivity index (χ0) is 26.0. The van der Waals surface area contributed by atoms with E-state index in [1.165, 1.54) is 5.56 Å². The number of amides is 4. The maximum Gasteiger partial charge on any atom is 0.330 e. The first kappa shape index (κ1) is 26.8. The van der Waals surface area contributed by atoms with Crippen LogP contribution >= 0.6 is 34.4 Å². The lowest BCUT2D eigenvalue weighted by molar-refractivity contribution is -0.135. The summed E-state index contributed by atoms with van der Waals surface area (Å²) < 4.78 is 2.07. The van der Waals surface area contributed by atoms with Gasteiger partial charge < -0.3 is 20.4 Å². The Morgan fingerprint density at radius 2 is 1.89 bits per heavy atom. The van der Waals surface area contributed by atoms with Crippen LogP contribution in [0.1, 0.15) is 43.8 Å². The van der Waals surface area contributed by atoms with E-state index in [2.05, 4.69) is 38.2 Å². The molecule has 194 valence electrons. The second-order valence-electron chi connectivity index (χ2n) is 9.77. The van der Waals surface area contributed by atoms with Gasteiger partial charge in [-0.3, -0.25) is 9.36 Å². The summed E-state index contributed by atoms with van der Waals surface area (Å²) in [6.07, 6.45) is 5.11. The number of hydrogen-bond acceptors (Lipinski definition) is 5. The molecule has 0 bridgehead atoms. The number of imidazole rings is 1.